The summed E-state index contributed by atoms with van der Waals surface area (Å²) in [6, 6.07) is 7.98. The molecule has 10 heteroatoms. The summed E-state index contributed by atoms with van der Waals surface area (Å²) in [5.41, 5.74) is 5.63. The SMILES string of the molecule is ONC1CCC2(CC1)Oc1ncccc1-c1cnc(Nc3ccc(N4CCNCC4)cn3)nc12. The van der Waals surface area contributed by atoms with Gasteiger partial charge in [0.15, 0.2) is 5.60 Å². The fraction of sp³-hybridized carbons (Fsp3) is 0.417. The number of hydrogen-bond acceptors (Lipinski definition) is 10. The number of nitrogens with zero attached hydrogens (tertiary/aromatic N) is 5. The van der Waals surface area contributed by atoms with E-state index in [1.165, 1.54) is 0 Å². The van der Waals surface area contributed by atoms with Crippen molar-refractivity contribution < 1.29 is 9.94 Å². The number of hydrogen-bond donors (Lipinski definition) is 4. The largest absolute Gasteiger partial charge is 0.464 e. The second kappa shape index (κ2) is 8.79. The third kappa shape index (κ3) is 3.83. The van der Waals surface area contributed by atoms with E-state index in [4.69, 9.17) is 9.72 Å². The van der Waals surface area contributed by atoms with E-state index in [9.17, 15) is 5.21 Å². The van der Waals surface area contributed by atoms with Gasteiger partial charge in [-0.1, -0.05) is 0 Å². The fourth-order valence-corrected chi connectivity index (χ4v) is 5.13. The van der Waals surface area contributed by atoms with Crippen LogP contribution in [0.1, 0.15) is 31.4 Å². The third-order valence-electron chi connectivity index (χ3n) is 7.02. The lowest BCUT2D eigenvalue weighted by molar-refractivity contribution is -0.0108. The number of piperazine rings is 1. The van der Waals surface area contributed by atoms with E-state index < -0.39 is 5.60 Å². The Hall–Kier alpha value is -3.34. The summed E-state index contributed by atoms with van der Waals surface area (Å²) < 4.78 is 6.50. The molecule has 1 saturated carbocycles. The Labute approximate surface area is 197 Å². The first-order chi connectivity index (χ1) is 16.7. The summed E-state index contributed by atoms with van der Waals surface area (Å²) in [6.07, 6.45) is 8.48. The van der Waals surface area contributed by atoms with Crippen LogP contribution < -0.4 is 25.8 Å². The molecule has 1 aliphatic carbocycles. The normalized spacial score (nSPS) is 23.7. The van der Waals surface area contributed by atoms with Gasteiger partial charge >= 0.3 is 0 Å². The molecule has 1 saturated heterocycles. The van der Waals surface area contributed by atoms with Gasteiger partial charge in [0, 0.05) is 55.7 Å². The number of aromatic nitrogens is 4. The zero-order chi connectivity index (χ0) is 23.0. The summed E-state index contributed by atoms with van der Waals surface area (Å²) in [7, 11) is 0. The summed E-state index contributed by atoms with van der Waals surface area (Å²) >= 11 is 0. The Morgan fingerprint density at radius 3 is 2.65 bits per heavy atom. The number of ether oxygens (including phenoxy) is 1. The Bertz CT molecular complexity index is 1160. The highest BCUT2D eigenvalue weighted by Crippen LogP contribution is 2.49. The molecule has 0 unspecified atom stereocenters. The van der Waals surface area contributed by atoms with Crippen LogP contribution in [0.4, 0.5) is 17.5 Å². The van der Waals surface area contributed by atoms with Crippen LogP contribution in [0.3, 0.4) is 0 Å². The number of anilines is 3. The van der Waals surface area contributed by atoms with Gasteiger partial charge in [-0.05, 0) is 49.9 Å². The quantitative estimate of drug-likeness (QED) is 0.432. The van der Waals surface area contributed by atoms with E-state index in [-0.39, 0.29) is 6.04 Å². The van der Waals surface area contributed by atoms with Gasteiger partial charge < -0.3 is 25.5 Å². The van der Waals surface area contributed by atoms with E-state index in [0.29, 0.717) is 17.6 Å². The molecule has 34 heavy (non-hydrogen) atoms. The maximum atomic E-state index is 9.39. The first-order valence-electron chi connectivity index (χ1n) is 11.8. The maximum Gasteiger partial charge on any atom is 0.228 e. The highest BCUT2D eigenvalue weighted by atomic mass is 16.5. The number of rotatable bonds is 4. The molecular weight excluding hydrogens is 432 g/mol. The van der Waals surface area contributed by atoms with E-state index in [1.807, 2.05) is 30.6 Å². The number of hydroxylamine groups is 1. The monoisotopic (exact) mass is 460 g/mol. The fourth-order valence-electron chi connectivity index (χ4n) is 5.13. The van der Waals surface area contributed by atoms with Crippen LogP contribution in [-0.4, -0.2) is 57.4 Å². The summed E-state index contributed by atoms with van der Waals surface area (Å²) in [4.78, 5) is 20.9. The smallest absolute Gasteiger partial charge is 0.228 e. The van der Waals surface area contributed by atoms with Gasteiger partial charge in [-0.15, -0.1) is 0 Å². The van der Waals surface area contributed by atoms with Crippen molar-refractivity contribution in [3.05, 3.63) is 48.5 Å². The minimum atomic E-state index is -0.594. The molecule has 6 rings (SSSR count). The molecule has 10 nitrogen and oxygen atoms in total. The van der Waals surface area contributed by atoms with Crippen molar-refractivity contribution in [2.75, 3.05) is 36.4 Å². The second-order valence-corrected chi connectivity index (χ2v) is 9.08. The molecule has 3 aromatic heterocycles. The van der Waals surface area contributed by atoms with Crippen LogP contribution >= 0.6 is 0 Å². The van der Waals surface area contributed by atoms with Crippen LogP contribution in [0.25, 0.3) is 11.1 Å². The van der Waals surface area contributed by atoms with Gasteiger partial charge in [0.1, 0.15) is 5.82 Å². The predicted molar refractivity (Wildman–Crippen MR) is 127 cm³/mol. The molecule has 176 valence electrons. The Morgan fingerprint density at radius 2 is 1.88 bits per heavy atom. The zero-order valence-electron chi connectivity index (χ0n) is 18.9. The Morgan fingerprint density at radius 1 is 1.03 bits per heavy atom. The molecule has 0 atom stereocenters. The first kappa shape index (κ1) is 21.2. The van der Waals surface area contributed by atoms with Gasteiger partial charge in [0.05, 0.1) is 17.6 Å². The zero-order valence-corrected chi connectivity index (χ0v) is 18.9. The minimum absolute atomic E-state index is 0.0561. The maximum absolute atomic E-state index is 9.39. The van der Waals surface area contributed by atoms with Crippen molar-refractivity contribution in [1.29, 1.82) is 0 Å². The second-order valence-electron chi connectivity index (χ2n) is 9.08. The lowest BCUT2D eigenvalue weighted by Crippen LogP contribution is -2.44. The van der Waals surface area contributed by atoms with Crippen molar-refractivity contribution in [2.45, 2.75) is 37.3 Å². The lowest BCUT2D eigenvalue weighted by Gasteiger charge is -2.42. The third-order valence-corrected chi connectivity index (χ3v) is 7.02. The Balaban J connectivity index is 1.30. The Kier molecular flexibility index (Phi) is 5.48. The predicted octanol–water partition coefficient (Wildman–Crippen LogP) is 2.60. The lowest BCUT2D eigenvalue weighted by atomic mass is 9.77. The van der Waals surface area contributed by atoms with Crippen LogP contribution in [0.15, 0.2) is 42.9 Å². The number of fused-ring (bicyclic) bond motifs is 4. The molecular formula is C24H28N8O2. The van der Waals surface area contributed by atoms with Crippen LogP contribution in [0.2, 0.25) is 0 Å². The molecule has 0 amide bonds. The van der Waals surface area contributed by atoms with Crippen LogP contribution in [0.5, 0.6) is 5.88 Å². The van der Waals surface area contributed by atoms with E-state index in [0.717, 1.165) is 74.4 Å². The molecule has 2 aliphatic heterocycles. The van der Waals surface area contributed by atoms with Crippen molar-refractivity contribution in [3.63, 3.8) is 0 Å². The average molecular weight is 461 g/mol. The topological polar surface area (TPSA) is 120 Å². The van der Waals surface area contributed by atoms with Crippen molar-refractivity contribution in [2.24, 2.45) is 0 Å². The first-order valence-corrected chi connectivity index (χ1v) is 11.8. The van der Waals surface area contributed by atoms with Gasteiger partial charge in [-0.3, -0.25) is 0 Å². The number of nitrogens with one attached hydrogen (secondary N) is 3. The molecule has 4 N–H and O–H groups in total. The van der Waals surface area contributed by atoms with Gasteiger partial charge in [-0.25, -0.2) is 25.4 Å². The molecule has 3 aromatic rings. The molecule has 5 heterocycles. The van der Waals surface area contributed by atoms with Gasteiger partial charge in [0.25, 0.3) is 0 Å². The molecule has 0 aromatic carbocycles. The van der Waals surface area contributed by atoms with Crippen molar-refractivity contribution in [3.8, 4) is 17.0 Å². The molecule has 0 bridgehead atoms. The highest BCUT2D eigenvalue weighted by Gasteiger charge is 2.46. The molecule has 1 spiro atoms. The van der Waals surface area contributed by atoms with Crippen molar-refractivity contribution >= 4 is 17.5 Å². The van der Waals surface area contributed by atoms with E-state index in [2.05, 4.69) is 42.0 Å². The molecule has 3 aliphatic rings. The summed E-state index contributed by atoms with van der Waals surface area (Å²) in [5, 5.41) is 16.0. The van der Waals surface area contributed by atoms with Crippen molar-refractivity contribution in [1.82, 2.24) is 30.7 Å². The summed E-state index contributed by atoms with van der Waals surface area (Å²) in [5.74, 6) is 1.79. The van der Waals surface area contributed by atoms with Crippen LogP contribution in [-0.2, 0) is 5.60 Å². The van der Waals surface area contributed by atoms with E-state index in [1.54, 1.807) is 6.20 Å². The van der Waals surface area contributed by atoms with Gasteiger partial charge in [0.2, 0.25) is 11.8 Å². The minimum Gasteiger partial charge on any atom is -0.464 e. The standard InChI is InChI=1S/C24H28N8O2/c33-31-16-5-7-24(8-6-16)21-19(18-2-1-9-26-22(18)34-24)15-28-23(30-21)29-20-4-3-17(14-27-20)32-12-10-25-11-13-32/h1-4,9,14-16,25,31,33H,5-8,10-13H2,(H,27,28,29,30). The number of pyridine rings is 2. The van der Waals surface area contributed by atoms with E-state index >= 15 is 0 Å². The van der Waals surface area contributed by atoms with Crippen LogP contribution in [0, 0.1) is 0 Å². The average Bonchev–Trinajstić information content (AvgIpc) is 2.90. The summed E-state index contributed by atoms with van der Waals surface area (Å²) in [6.45, 7) is 3.93. The highest BCUT2D eigenvalue weighted by molar-refractivity contribution is 5.74. The molecule has 2 fully saturated rings. The van der Waals surface area contributed by atoms with Gasteiger partial charge in [-0.2, -0.15) is 0 Å². The molecule has 0 radical (unpaired) electrons.